The van der Waals surface area contributed by atoms with Gasteiger partial charge in [0, 0.05) is 0 Å². The van der Waals surface area contributed by atoms with Gasteiger partial charge in [0.15, 0.2) is 0 Å². The second-order valence-electron chi connectivity index (χ2n) is 6.55. The Hall–Kier alpha value is -0.820. The Morgan fingerprint density at radius 3 is 1.77 bits per heavy atom. The van der Waals surface area contributed by atoms with Gasteiger partial charge in [-0.1, -0.05) is 76.3 Å². The third kappa shape index (κ3) is 10.00. The summed E-state index contributed by atoms with van der Waals surface area (Å²) in [7, 11) is 0. The Morgan fingerprint density at radius 1 is 0.636 bits per heavy atom. The van der Waals surface area contributed by atoms with E-state index in [1.165, 1.54) is 89.4 Å². The Morgan fingerprint density at radius 2 is 1.18 bits per heavy atom. The van der Waals surface area contributed by atoms with E-state index in [2.05, 4.69) is 49.1 Å². The molecule has 0 radical (unpaired) electrons. The lowest BCUT2D eigenvalue weighted by Crippen LogP contribution is -2.26. The molecule has 22 heavy (non-hydrogen) atoms. The van der Waals surface area contributed by atoms with Gasteiger partial charge in [0.2, 0.25) is 0 Å². The number of unbranched alkanes of at least 4 members (excludes halogenated alkanes) is 6. The SMILES string of the molecule is CCCN(CCC)CCCCCCCCCc1ccccc1. The summed E-state index contributed by atoms with van der Waals surface area (Å²) in [4.78, 5) is 2.64. The molecule has 0 N–H and O–H groups in total. The maximum absolute atomic E-state index is 2.64. The van der Waals surface area contributed by atoms with Crippen molar-refractivity contribution in [3.63, 3.8) is 0 Å². The van der Waals surface area contributed by atoms with E-state index >= 15 is 0 Å². The fourth-order valence-corrected chi connectivity index (χ4v) is 3.16. The average molecular weight is 304 g/mol. The van der Waals surface area contributed by atoms with Gasteiger partial charge in [-0.3, -0.25) is 0 Å². The number of aryl methyl sites for hydroxylation is 1. The van der Waals surface area contributed by atoms with Crippen LogP contribution in [0.4, 0.5) is 0 Å². The molecule has 0 aromatic heterocycles. The molecule has 0 aliphatic carbocycles. The van der Waals surface area contributed by atoms with E-state index in [1.807, 2.05) is 0 Å². The van der Waals surface area contributed by atoms with Gasteiger partial charge in [-0.25, -0.2) is 0 Å². The fourth-order valence-electron chi connectivity index (χ4n) is 3.16. The lowest BCUT2D eigenvalue weighted by atomic mass is 10.0. The monoisotopic (exact) mass is 303 g/mol. The minimum atomic E-state index is 1.25. The van der Waals surface area contributed by atoms with E-state index in [0.29, 0.717) is 0 Å². The summed E-state index contributed by atoms with van der Waals surface area (Å²) in [5.74, 6) is 0. The van der Waals surface area contributed by atoms with E-state index in [-0.39, 0.29) is 0 Å². The van der Waals surface area contributed by atoms with Gasteiger partial charge in [-0.2, -0.15) is 0 Å². The van der Waals surface area contributed by atoms with E-state index in [1.54, 1.807) is 0 Å². The molecule has 0 aliphatic rings. The van der Waals surface area contributed by atoms with Crippen LogP contribution in [-0.4, -0.2) is 24.5 Å². The first-order valence-electron chi connectivity index (χ1n) is 9.63. The molecule has 0 spiro atoms. The molecule has 1 nitrogen and oxygen atoms in total. The summed E-state index contributed by atoms with van der Waals surface area (Å²) >= 11 is 0. The normalized spacial score (nSPS) is 11.2. The number of hydrogen-bond acceptors (Lipinski definition) is 1. The van der Waals surface area contributed by atoms with E-state index in [9.17, 15) is 0 Å². The van der Waals surface area contributed by atoms with Crippen LogP contribution in [0.1, 0.15) is 77.2 Å². The van der Waals surface area contributed by atoms with Crippen molar-refractivity contribution in [2.45, 2.75) is 78.1 Å². The summed E-state index contributed by atoms with van der Waals surface area (Å²) in [6.07, 6.45) is 13.7. The van der Waals surface area contributed by atoms with Gasteiger partial charge in [-0.15, -0.1) is 0 Å². The van der Waals surface area contributed by atoms with E-state index in [4.69, 9.17) is 0 Å². The van der Waals surface area contributed by atoms with Crippen LogP contribution in [0.25, 0.3) is 0 Å². The molecule has 1 heteroatoms. The molecule has 1 aromatic carbocycles. The quantitative estimate of drug-likeness (QED) is 0.376. The summed E-state index contributed by atoms with van der Waals surface area (Å²) in [5, 5.41) is 0. The van der Waals surface area contributed by atoms with Crippen LogP contribution < -0.4 is 0 Å². The van der Waals surface area contributed by atoms with Crippen molar-refractivity contribution < 1.29 is 0 Å². The molecule has 1 aromatic rings. The predicted molar refractivity (Wildman–Crippen MR) is 99.5 cm³/mol. The van der Waals surface area contributed by atoms with E-state index < -0.39 is 0 Å². The number of hydrogen-bond donors (Lipinski definition) is 0. The molecule has 0 saturated carbocycles. The van der Waals surface area contributed by atoms with Crippen LogP contribution >= 0.6 is 0 Å². The third-order valence-electron chi connectivity index (χ3n) is 4.36. The van der Waals surface area contributed by atoms with Crippen LogP contribution in [0, 0.1) is 0 Å². The zero-order valence-corrected chi connectivity index (χ0v) is 15.0. The summed E-state index contributed by atoms with van der Waals surface area (Å²) in [6.45, 7) is 8.46. The summed E-state index contributed by atoms with van der Waals surface area (Å²) in [5.41, 5.74) is 1.49. The van der Waals surface area contributed by atoms with Crippen LogP contribution in [0.2, 0.25) is 0 Å². The Bertz CT molecular complexity index is 327. The van der Waals surface area contributed by atoms with Crippen molar-refractivity contribution in [1.82, 2.24) is 4.90 Å². The standard InChI is InChI=1S/C21H37N/c1-3-18-22(19-4-2)20-14-9-7-5-6-8-11-15-21-16-12-10-13-17-21/h10,12-13,16-17H,3-9,11,14-15,18-20H2,1-2H3. The highest BCUT2D eigenvalue weighted by molar-refractivity contribution is 5.14. The minimum absolute atomic E-state index is 1.25. The second kappa shape index (κ2) is 13.8. The van der Waals surface area contributed by atoms with Gasteiger partial charge < -0.3 is 4.90 Å². The summed E-state index contributed by atoms with van der Waals surface area (Å²) < 4.78 is 0. The smallest absolute Gasteiger partial charge is 0.00187 e. The minimum Gasteiger partial charge on any atom is -0.303 e. The first kappa shape index (κ1) is 19.2. The zero-order chi connectivity index (χ0) is 15.9. The van der Waals surface area contributed by atoms with Gasteiger partial charge in [0.05, 0.1) is 0 Å². The van der Waals surface area contributed by atoms with Gasteiger partial charge >= 0.3 is 0 Å². The van der Waals surface area contributed by atoms with E-state index in [0.717, 1.165) is 0 Å². The Labute approximate surface area is 139 Å². The number of nitrogens with zero attached hydrogens (tertiary/aromatic N) is 1. The van der Waals surface area contributed by atoms with Crippen molar-refractivity contribution >= 4 is 0 Å². The third-order valence-corrected chi connectivity index (χ3v) is 4.36. The molecule has 0 unspecified atom stereocenters. The topological polar surface area (TPSA) is 3.24 Å². The maximum Gasteiger partial charge on any atom is -0.00187 e. The van der Waals surface area contributed by atoms with Crippen molar-refractivity contribution in [1.29, 1.82) is 0 Å². The number of benzene rings is 1. The molecule has 0 saturated heterocycles. The van der Waals surface area contributed by atoms with Crippen LogP contribution in [0.5, 0.6) is 0 Å². The molecule has 0 atom stereocenters. The molecule has 1 rings (SSSR count). The Kier molecular flexibility index (Phi) is 12.1. The van der Waals surface area contributed by atoms with Gasteiger partial charge in [0.1, 0.15) is 0 Å². The van der Waals surface area contributed by atoms with Crippen LogP contribution in [-0.2, 0) is 6.42 Å². The van der Waals surface area contributed by atoms with Crippen LogP contribution in [0.3, 0.4) is 0 Å². The highest BCUT2D eigenvalue weighted by Crippen LogP contribution is 2.11. The average Bonchev–Trinajstić information content (AvgIpc) is 2.54. The molecule has 0 amide bonds. The molecule has 0 bridgehead atoms. The summed E-state index contributed by atoms with van der Waals surface area (Å²) in [6, 6.07) is 10.9. The van der Waals surface area contributed by atoms with Crippen LogP contribution in [0.15, 0.2) is 30.3 Å². The zero-order valence-electron chi connectivity index (χ0n) is 15.0. The predicted octanol–water partition coefficient (Wildman–Crippen LogP) is 6.08. The highest BCUT2D eigenvalue weighted by atomic mass is 15.1. The van der Waals surface area contributed by atoms with Crippen molar-refractivity contribution in [2.75, 3.05) is 19.6 Å². The molecular weight excluding hydrogens is 266 g/mol. The van der Waals surface area contributed by atoms with Crippen molar-refractivity contribution in [3.05, 3.63) is 35.9 Å². The molecule has 126 valence electrons. The van der Waals surface area contributed by atoms with Gasteiger partial charge in [-0.05, 0) is 57.3 Å². The lowest BCUT2D eigenvalue weighted by molar-refractivity contribution is 0.267. The largest absolute Gasteiger partial charge is 0.303 e. The molecule has 0 heterocycles. The highest BCUT2D eigenvalue weighted by Gasteiger charge is 2.01. The molecule has 0 aliphatic heterocycles. The van der Waals surface area contributed by atoms with Crippen molar-refractivity contribution in [3.8, 4) is 0 Å². The van der Waals surface area contributed by atoms with Gasteiger partial charge in [0.25, 0.3) is 0 Å². The maximum atomic E-state index is 2.64. The number of rotatable bonds is 14. The Balaban J connectivity index is 1.89. The first-order valence-corrected chi connectivity index (χ1v) is 9.63. The lowest BCUT2D eigenvalue weighted by Gasteiger charge is -2.20. The molecular formula is C21H37N. The fraction of sp³-hybridized carbons (Fsp3) is 0.714. The first-order chi connectivity index (χ1) is 10.9. The van der Waals surface area contributed by atoms with Crippen molar-refractivity contribution in [2.24, 2.45) is 0 Å². The molecule has 0 fully saturated rings. The second-order valence-corrected chi connectivity index (χ2v) is 6.55.